The number of hydrogen-bond acceptors (Lipinski definition) is 4. The van der Waals surface area contributed by atoms with Gasteiger partial charge in [-0.05, 0) is 83.1 Å². The summed E-state index contributed by atoms with van der Waals surface area (Å²) in [5, 5.41) is 0. The fourth-order valence-corrected chi connectivity index (χ4v) is 5.83. The Kier molecular flexibility index (Phi) is 7.98. The molecule has 0 radical (unpaired) electrons. The summed E-state index contributed by atoms with van der Waals surface area (Å²) in [7, 11) is 0. The summed E-state index contributed by atoms with van der Waals surface area (Å²) in [6.07, 6.45) is 12.8. The Labute approximate surface area is 178 Å². The van der Waals surface area contributed by atoms with Crippen LogP contribution in [0.4, 0.5) is 0 Å². The SMILES string of the molecule is Cc1cccc(CN(CCN2CCCCC2)C[C@H]2CCCN(C3CCCC3)C2)n1. The molecule has 2 saturated heterocycles. The van der Waals surface area contributed by atoms with Crippen molar-refractivity contribution in [2.24, 2.45) is 5.92 Å². The summed E-state index contributed by atoms with van der Waals surface area (Å²) in [5.41, 5.74) is 2.38. The molecule has 3 fully saturated rings. The van der Waals surface area contributed by atoms with Crippen molar-refractivity contribution < 1.29 is 0 Å². The first-order chi connectivity index (χ1) is 14.3. The number of aromatic nitrogens is 1. The molecule has 1 aromatic heterocycles. The van der Waals surface area contributed by atoms with Gasteiger partial charge in [-0.1, -0.05) is 25.3 Å². The molecule has 2 aliphatic heterocycles. The van der Waals surface area contributed by atoms with Gasteiger partial charge in [-0.3, -0.25) is 9.88 Å². The average Bonchev–Trinajstić information content (AvgIpc) is 3.28. The summed E-state index contributed by atoms with van der Waals surface area (Å²) in [5.74, 6) is 0.829. The number of pyridine rings is 1. The van der Waals surface area contributed by atoms with Gasteiger partial charge in [0.15, 0.2) is 0 Å². The van der Waals surface area contributed by atoms with E-state index in [0.29, 0.717) is 0 Å². The van der Waals surface area contributed by atoms with Crippen molar-refractivity contribution in [3.05, 3.63) is 29.6 Å². The zero-order chi connectivity index (χ0) is 19.9. The van der Waals surface area contributed by atoms with E-state index in [1.165, 1.54) is 109 Å². The van der Waals surface area contributed by atoms with E-state index >= 15 is 0 Å². The standard InChI is InChI=1S/C25H42N4/c1-22-9-7-11-24(26-22)21-28(18-17-27-14-5-2-6-15-27)19-23-10-8-16-29(20-23)25-12-3-4-13-25/h7,9,11,23,25H,2-6,8,10,12-21H2,1H3/t23-/m1/s1. The molecule has 4 rings (SSSR count). The third-order valence-electron chi connectivity index (χ3n) is 7.42. The minimum atomic E-state index is 0.829. The van der Waals surface area contributed by atoms with Crippen LogP contribution in [0.5, 0.6) is 0 Å². The molecule has 0 bridgehead atoms. The van der Waals surface area contributed by atoms with Gasteiger partial charge in [0.25, 0.3) is 0 Å². The van der Waals surface area contributed by atoms with E-state index in [-0.39, 0.29) is 0 Å². The first-order valence-corrected chi connectivity index (χ1v) is 12.4. The lowest BCUT2D eigenvalue weighted by atomic mass is 9.95. The number of nitrogens with zero attached hydrogens (tertiary/aromatic N) is 4. The van der Waals surface area contributed by atoms with E-state index in [9.17, 15) is 0 Å². The van der Waals surface area contributed by atoms with Crippen LogP contribution in [-0.2, 0) is 6.54 Å². The second-order valence-electron chi connectivity index (χ2n) is 9.85. The van der Waals surface area contributed by atoms with Crippen LogP contribution in [0, 0.1) is 12.8 Å². The molecule has 1 aromatic rings. The lowest BCUT2D eigenvalue weighted by Gasteiger charge is -2.39. The predicted molar refractivity (Wildman–Crippen MR) is 121 cm³/mol. The molecule has 1 atom stereocenters. The van der Waals surface area contributed by atoms with Crippen molar-refractivity contribution >= 4 is 0 Å². The van der Waals surface area contributed by atoms with Crippen molar-refractivity contribution in [3.63, 3.8) is 0 Å². The zero-order valence-corrected chi connectivity index (χ0v) is 18.7. The maximum Gasteiger partial charge on any atom is 0.0547 e. The lowest BCUT2D eigenvalue weighted by molar-refractivity contribution is 0.0908. The number of piperidine rings is 2. The predicted octanol–water partition coefficient (Wildman–Crippen LogP) is 4.33. The largest absolute Gasteiger partial charge is 0.302 e. The summed E-state index contributed by atoms with van der Waals surface area (Å²) >= 11 is 0. The van der Waals surface area contributed by atoms with E-state index in [2.05, 4.69) is 39.8 Å². The van der Waals surface area contributed by atoms with Crippen molar-refractivity contribution in [2.75, 3.05) is 45.8 Å². The highest BCUT2D eigenvalue weighted by molar-refractivity contribution is 5.09. The monoisotopic (exact) mass is 398 g/mol. The number of hydrogen-bond donors (Lipinski definition) is 0. The van der Waals surface area contributed by atoms with Crippen molar-refractivity contribution in [2.45, 2.75) is 77.3 Å². The van der Waals surface area contributed by atoms with Gasteiger partial charge in [-0.25, -0.2) is 0 Å². The van der Waals surface area contributed by atoms with Gasteiger partial charge in [0.2, 0.25) is 0 Å². The highest BCUT2D eigenvalue weighted by atomic mass is 15.2. The van der Waals surface area contributed by atoms with Gasteiger partial charge in [0.05, 0.1) is 5.69 Å². The van der Waals surface area contributed by atoms with Crippen LogP contribution in [0.2, 0.25) is 0 Å². The van der Waals surface area contributed by atoms with Crippen LogP contribution in [0.3, 0.4) is 0 Å². The maximum atomic E-state index is 4.81. The first-order valence-electron chi connectivity index (χ1n) is 12.4. The van der Waals surface area contributed by atoms with Crippen LogP contribution in [-0.4, -0.2) is 71.5 Å². The molecule has 1 saturated carbocycles. The molecule has 0 spiro atoms. The van der Waals surface area contributed by atoms with Crippen LogP contribution in [0.25, 0.3) is 0 Å². The fraction of sp³-hybridized carbons (Fsp3) is 0.800. The van der Waals surface area contributed by atoms with Gasteiger partial charge >= 0.3 is 0 Å². The molecular weight excluding hydrogens is 356 g/mol. The molecule has 4 heteroatoms. The minimum Gasteiger partial charge on any atom is -0.302 e. The third-order valence-corrected chi connectivity index (χ3v) is 7.42. The molecular formula is C25H42N4. The first kappa shape index (κ1) is 21.3. The van der Waals surface area contributed by atoms with Gasteiger partial charge in [-0.2, -0.15) is 0 Å². The second kappa shape index (κ2) is 10.9. The zero-order valence-electron chi connectivity index (χ0n) is 18.7. The van der Waals surface area contributed by atoms with Crippen molar-refractivity contribution in [3.8, 4) is 0 Å². The fourth-order valence-electron chi connectivity index (χ4n) is 5.83. The van der Waals surface area contributed by atoms with Crippen molar-refractivity contribution in [1.82, 2.24) is 19.7 Å². The number of rotatable bonds is 8. The molecule has 29 heavy (non-hydrogen) atoms. The lowest BCUT2D eigenvalue weighted by Crippen LogP contribution is -2.46. The maximum absolute atomic E-state index is 4.81. The quantitative estimate of drug-likeness (QED) is 0.650. The van der Waals surface area contributed by atoms with E-state index in [1.807, 2.05) is 0 Å². The molecule has 3 heterocycles. The Morgan fingerprint density at radius 1 is 0.966 bits per heavy atom. The normalized spacial score (nSPS) is 25.1. The van der Waals surface area contributed by atoms with Crippen molar-refractivity contribution in [1.29, 1.82) is 0 Å². The highest BCUT2D eigenvalue weighted by Gasteiger charge is 2.29. The van der Waals surface area contributed by atoms with Gasteiger partial charge < -0.3 is 9.80 Å². The van der Waals surface area contributed by atoms with E-state index in [0.717, 1.165) is 24.2 Å². The molecule has 162 valence electrons. The molecule has 1 aliphatic carbocycles. The van der Waals surface area contributed by atoms with E-state index < -0.39 is 0 Å². The topological polar surface area (TPSA) is 22.6 Å². The molecule has 0 unspecified atom stereocenters. The Morgan fingerprint density at radius 2 is 1.79 bits per heavy atom. The molecule has 0 amide bonds. The van der Waals surface area contributed by atoms with Crippen LogP contribution in [0.15, 0.2) is 18.2 Å². The summed E-state index contributed by atoms with van der Waals surface area (Å²) in [6.45, 7) is 12.1. The van der Waals surface area contributed by atoms with Gasteiger partial charge in [-0.15, -0.1) is 0 Å². The molecule has 4 nitrogen and oxygen atoms in total. The van der Waals surface area contributed by atoms with Crippen LogP contribution < -0.4 is 0 Å². The van der Waals surface area contributed by atoms with E-state index in [1.54, 1.807) is 0 Å². The molecule has 0 N–H and O–H groups in total. The molecule has 0 aromatic carbocycles. The Bertz CT molecular complexity index is 607. The van der Waals surface area contributed by atoms with Crippen LogP contribution in [0.1, 0.15) is 69.2 Å². The smallest absolute Gasteiger partial charge is 0.0547 e. The number of aryl methyl sites for hydroxylation is 1. The number of likely N-dealkylation sites (tertiary alicyclic amines) is 2. The second-order valence-corrected chi connectivity index (χ2v) is 9.85. The van der Waals surface area contributed by atoms with E-state index in [4.69, 9.17) is 4.98 Å². The third kappa shape index (κ3) is 6.50. The summed E-state index contributed by atoms with van der Waals surface area (Å²) in [6, 6.07) is 7.38. The Balaban J connectivity index is 1.35. The van der Waals surface area contributed by atoms with Gasteiger partial charge in [0.1, 0.15) is 0 Å². The summed E-state index contributed by atoms with van der Waals surface area (Å²) < 4.78 is 0. The highest BCUT2D eigenvalue weighted by Crippen LogP contribution is 2.28. The minimum absolute atomic E-state index is 0.829. The summed E-state index contributed by atoms with van der Waals surface area (Å²) in [4.78, 5) is 13.1. The van der Waals surface area contributed by atoms with Crippen LogP contribution >= 0.6 is 0 Å². The molecule has 3 aliphatic rings. The van der Waals surface area contributed by atoms with Gasteiger partial charge in [0, 0.05) is 44.5 Å². The average molecular weight is 399 g/mol. The Hall–Kier alpha value is -0.970. The Morgan fingerprint density at radius 3 is 2.59 bits per heavy atom.